The molecule has 0 aliphatic carbocycles. The van der Waals surface area contributed by atoms with Gasteiger partial charge in [-0.3, -0.25) is 0 Å². The second-order valence-corrected chi connectivity index (χ2v) is 2.22. The van der Waals surface area contributed by atoms with Gasteiger partial charge in [-0.1, -0.05) is 31.2 Å². The minimum absolute atomic E-state index is 0.00736. The van der Waals surface area contributed by atoms with E-state index in [-0.39, 0.29) is 5.92 Å². The molecule has 1 unspecified atom stereocenters. The van der Waals surface area contributed by atoms with Crippen LogP contribution in [0.5, 0.6) is 0 Å². The van der Waals surface area contributed by atoms with Crippen LogP contribution >= 0.6 is 0 Å². The smallest absolute Gasteiger partial charge is 0.0694 e. The first-order chi connectivity index (χ1) is 4.74. The Bertz CT molecular complexity index is 172. The number of rotatable bonds is 3. The number of hydrogen-bond donors (Lipinski definition) is 0. The average Bonchev–Trinajstić information content (AvgIpc) is 1.99. The Morgan fingerprint density at radius 1 is 1.80 bits per heavy atom. The minimum Gasteiger partial charge on any atom is -0.198 e. The lowest BCUT2D eigenvalue weighted by Crippen LogP contribution is -1.85. The van der Waals surface area contributed by atoms with E-state index in [4.69, 9.17) is 5.26 Å². The summed E-state index contributed by atoms with van der Waals surface area (Å²) in [6.45, 7) is 7.57. The molecule has 0 aromatic heterocycles. The van der Waals surface area contributed by atoms with Crippen LogP contribution in [0.2, 0.25) is 0 Å². The summed E-state index contributed by atoms with van der Waals surface area (Å²) >= 11 is 0. The first kappa shape index (κ1) is 8.97. The van der Waals surface area contributed by atoms with E-state index in [2.05, 4.69) is 19.6 Å². The molecule has 54 valence electrons. The molecule has 0 heterocycles. The van der Waals surface area contributed by atoms with Gasteiger partial charge in [-0.2, -0.15) is 5.26 Å². The summed E-state index contributed by atoms with van der Waals surface area (Å²) in [5.41, 5.74) is 1.15. The third kappa shape index (κ3) is 3.09. The summed E-state index contributed by atoms with van der Waals surface area (Å²) < 4.78 is 0. The summed E-state index contributed by atoms with van der Waals surface area (Å²) in [7, 11) is 0. The fourth-order valence-electron chi connectivity index (χ4n) is 0.689. The highest BCUT2D eigenvalue weighted by atomic mass is 14.2. The van der Waals surface area contributed by atoms with Crippen LogP contribution in [0.15, 0.2) is 24.3 Å². The molecule has 0 saturated carbocycles. The third-order valence-corrected chi connectivity index (χ3v) is 1.34. The van der Waals surface area contributed by atoms with Crippen LogP contribution in [0.1, 0.15) is 20.3 Å². The SMILES string of the molecule is C=CC(=CC(C)C#N)CC. The molecule has 0 bridgehead atoms. The Hall–Kier alpha value is -1.03. The highest BCUT2D eigenvalue weighted by Gasteiger charge is 1.93. The molecule has 0 fully saturated rings. The Morgan fingerprint density at radius 3 is 2.70 bits per heavy atom. The summed E-state index contributed by atoms with van der Waals surface area (Å²) in [6, 6.07) is 2.14. The zero-order chi connectivity index (χ0) is 7.98. The first-order valence-electron chi connectivity index (χ1n) is 3.47. The van der Waals surface area contributed by atoms with E-state index in [0.717, 1.165) is 12.0 Å². The van der Waals surface area contributed by atoms with Crippen LogP contribution in [0.3, 0.4) is 0 Å². The van der Waals surface area contributed by atoms with Gasteiger partial charge in [0, 0.05) is 0 Å². The van der Waals surface area contributed by atoms with Crippen molar-refractivity contribution in [3.8, 4) is 6.07 Å². The van der Waals surface area contributed by atoms with Crippen molar-refractivity contribution in [3.63, 3.8) is 0 Å². The largest absolute Gasteiger partial charge is 0.198 e. The normalized spacial score (nSPS) is 13.9. The monoisotopic (exact) mass is 135 g/mol. The summed E-state index contributed by atoms with van der Waals surface area (Å²) in [4.78, 5) is 0. The highest BCUT2D eigenvalue weighted by molar-refractivity contribution is 5.18. The number of nitriles is 1. The van der Waals surface area contributed by atoms with Crippen molar-refractivity contribution in [2.75, 3.05) is 0 Å². The van der Waals surface area contributed by atoms with Crippen LogP contribution in [0.25, 0.3) is 0 Å². The van der Waals surface area contributed by atoms with Crippen LogP contribution < -0.4 is 0 Å². The molecular weight excluding hydrogens is 122 g/mol. The zero-order valence-electron chi connectivity index (χ0n) is 6.59. The van der Waals surface area contributed by atoms with Crippen molar-refractivity contribution in [3.05, 3.63) is 24.3 Å². The van der Waals surface area contributed by atoms with E-state index in [9.17, 15) is 0 Å². The van der Waals surface area contributed by atoms with Crippen molar-refractivity contribution in [1.29, 1.82) is 5.26 Å². The molecule has 1 atom stereocenters. The van der Waals surface area contributed by atoms with Gasteiger partial charge in [0.25, 0.3) is 0 Å². The predicted molar refractivity (Wildman–Crippen MR) is 43.3 cm³/mol. The summed E-state index contributed by atoms with van der Waals surface area (Å²) in [5, 5.41) is 8.45. The van der Waals surface area contributed by atoms with Gasteiger partial charge < -0.3 is 0 Å². The van der Waals surface area contributed by atoms with Crippen LogP contribution in [0.4, 0.5) is 0 Å². The van der Waals surface area contributed by atoms with Gasteiger partial charge in [0.2, 0.25) is 0 Å². The van der Waals surface area contributed by atoms with E-state index in [1.165, 1.54) is 0 Å². The fraction of sp³-hybridized carbons (Fsp3) is 0.444. The van der Waals surface area contributed by atoms with Crippen molar-refractivity contribution in [2.45, 2.75) is 20.3 Å². The molecule has 0 saturated heterocycles. The van der Waals surface area contributed by atoms with E-state index in [0.29, 0.717) is 0 Å². The standard InChI is InChI=1S/C9H13N/c1-4-9(5-2)6-8(3)7-10/h4,6,8H,1,5H2,2-3H3. The van der Waals surface area contributed by atoms with Crippen molar-refractivity contribution in [2.24, 2.45) is 5.92 Å². The Kier molecular flexibility index (Phi) is 4.32. The molecule has 1 heteroatoms. The van der Waals surface area contributed by atoms with E-state index in [1.54, 1.807) is 6.08 Å². The summed E-state index contributed by atoms with van der Waals surface area (Å²) in [5.74, 6) is 0.00736. The number of nitrogens with zero attached hydrogens (tertiary/aromatic N) is 1. The molecule has 0 aliphatic rings. The van der Waals surface area contributed by atoms with Crippen LogP contribution in [-0.2, 0) is 0 Å². The van der Waals surface area contributed by atoms with Gasteiger partial charge in [0.05, 0.1) is 12.0 Å². The Balaban J connectivity index is 4.12. The topological polar surface area (TPSA) is 23.8 Å². The quantitative estimate of drug-likeness (QED) is 0.546. The maximum absolute atomic E-state index is 8.45. The van der Waals surface area contributed by atoms with Gasteiger partial charge in [-0.15, -0.1) is 0 Å². The van der Waals surface area contributed by atoms with Crippen LogP contribution in [0, 0.1) is 17.2 Å². The molecule has 0 aromatic carbocycles. The number of allylic oxidation sites excluding steroid dienone is 3. The van der Waals surface area contributed by atoms with Gasteiger partial charge in [0.1, 0.15) is 0 Å². The average molecular weight is 135 g/mol. The van der Waals surface area contributed by atoms with Crippen molar-refractivity contribution < 1.29 is 0 Å². The number of hydrogen-bond acceptors (Lipinski definition) is 1. The van der Waals surface area contributed by atoms with Gasteiger partial charge >= 0.3 is 0 Å². The maximum Gasteiger partial charge on any atom is 0.0694 e. The second-order valence-electron chi connectivity index (χ2n) is 2.22. The van der Waals surface area contributed by atoms with E-state index in [1.807, 2.05) is 13.0 Å². The van der Waals surface area contributed by atoms with Crippen molar-refractivity contribution in [1.82, 2.24) is 0 Å². The Morgan fingerprint density at radius 2 is 2.40 bits per heavy atom. The molecule has 0 aromatic rings. The fourth-order valence-corrected chi connectivity index (χ4v) is 0.689. The molecule has 1 nitrogen and oxygen atoms in total. The van der Waals surface area contributed by atoms with Gasteiger partial charge in [-0.25, -0.2) is 0 Å². The third-order valence-electron chi connectivity index (χ3n) is 1.34. The molecule has 0 aliphatic heterocycles. The lowest BCUT2D eigenvalue weighted by atomic mass is 10.1. The van der Waals surface area contributed by atoms with Crippen molar-refractivity contribution >= 4 is 0 Å². The van der Waals surface area contributed by atoms with E-state index >= 15 is 0 Å². The predicted octanol–water partition coefficient (Wildman–Crippen LogP) is 2.67. The molecular formula is C9H13N. The minimum atomic E-state index is 0.00736. The molecule has 10 heavy (non-hydrogen) atoms. The van der Waals surface area contributed by atoms with Crippen LogP contribution in [-0.4, -0.2) is 0 Å². The lowest BCUT2D eigenvalue weighted by Gasteiger charge is -1.96. The van der Waals surface area contributed by atoms with Gasteiger partial charge in [-0.05, 0) is 13.3 Å². The molecule has 0 amide bonds. The highest BCUT2D eigenvalue weighted by Crippen LogP contribution is 2.06. The zero-order valence-corrected chi connectivity index (χ0v) is 6.59. The molecule has 0 spiro atoms. The maximum atomic E-state index is 8.45. The summed E-state index contributed by atoms with van der Waals surface area (Å²) in [6.07, 6.45) is 4.69. The Labute approximate surface area is 62.7 Å². The molecule has 0 rings (SSSR count). The van der Waals surface area contributed by atoms with Gasteiger partial charge in [0.15, 0.2) is 0 Å². The lowest BCUT2D eigenvalue weighted by molar-refractivity contribution is 0.932. The molecule has 0 N–H and O–H groups in total. The molecule has 0 radical (unpaired) electrons. The van der Waals surface area contributed by atoms with E-state index < -0.39 is 0 Å². The first-order valence-corrected chi connectivity index (χ1v) is 3.47. The second kappa shape index (κ2) is 4.81.